The number of hydrogen-bond acceptors (Lipinski definition) is 4. The minimum Gasteiger partial charge on any atom is -0.437 e. The molecule has 0 fully saturated rings. The van der Waals surface area contributed by atoms with Gasteiger partial charge in [-0.25, -0.2) is 9.97 Å². The van der Waals surface area contributed by atoms with Crippen molar-refractivity contribution < 1.29 is 4.42 Å². The van der Waals surface area contributed by atoms with E-state index in [1.54, 1.807) is 12.4 Å². The summed E-state index contributed by atoms with van der Waals surface area (Å²) >= 11 is 6.10. The average Bonchev–Trinajstić information content (AvgIpc) is 3.04. The second-order valence-electron chi connectivity index (χ2n) is 4.61. The maximum Gasteiger partial charge on any atom is 0.213 e. The number of aromatic amines is 1. The van der Waals surface area contributed by atoms with Crippen LogP contribution in [0.25, 0.3) is 11.1 Å². The molecule has 2 aromatic heterocycles. The molecule has 1 unspecified atom stereocenters. The van der Waals surface area contributed by atoms with Gasteiger partial charge in [0.2, 0.25) is 5.89 Å². The number of nitrogens with zero attached hydrogens (tertiary/aromatic N) is 2. The second-order valence-corrected chi connectivity index (χ2v) is 5.01. The molecule has 96 valence electrons. The first-order valence-electron chi connectivity index (χ1n) is 6.11. The quantitative estimate of drug-likeness (QED) is 0.716. The molecule has 3 heterocycles. The van der Waals surface area contributed by atoms with Crippen LogP contribution in [0.1, 0.15) is 23.3 Å². The lowest BCUT2D eigenvalue weighted by molar-refractivity contribution is 0.391. The van der Waals surface area contributed by atoms with Gasteiger partial charge in [-0.3, -0.25) is 5.32 Å². The molecule has 0 bridgehead atoms. The van der Waals surface area contributed by atoms with Gasteiger partial charge in [0.1, 0.15) is 5.52 Å². The Morgan fingerprint density at radius 1 is 1.37 bits per heavy atom. The summed E-state index contributed by atoms with van der Waals surface area (Å²) in [5.41, 5.74) is 3.63. The molecule has 1 atom stereocenters. The Morgan fingerprint density at radius 3 is 3.21 bits per heavy atom. The molecule has 1 aliphatic heterocycles. The molecule has 0 saturated carbocycles. The van der Waals surface area contributed by atoms with Gasteiger partial charge in [-0.2, -0.15) is 0 Å². The number of imidazole rings is 1. The summed E-state index contributed by atoms with van der Waals surface area (Å²) in [5, 5.41) is 3.98. The van der Waals surface area contributed by atoms with Crippen LogP contribution in [0.5, 0.6) is 0 Å². The number of fused-ring (bicyclic) bond motifs is 2. The Balaban J connectivity index is 1.74. The van der Waals surface area contributed by atoms with Gasteiger partial charge in [-0.1, -0.05) is 17.7 Å². The molecule has 0 radical (unpaired) electrons. The predicted molar refractivity (Wildman–Crippen MR) is 70.9 cm³/mol. The molecule has 1 aliphatic rings. The third-order valence-corrected chi connectivity index (χ3v) is 3.71. The number of aromatic nitrogens is 3. The maximum absolute atomic E-state index is 6.10. The fourth-order valence-electron chi connectivity index (χ4n) is 2.43. The van der Waals surface area contributed by atoms with E-state index in [0.29, 0.717) is 16.5 Å². The molecule has 0 spiro atoms. The van der Waals surface area contributed by atoms with Gasteiger partial charge in [0.15, 0.2) is 5.58 Å². The zero-order chi connectivity index (χ0) is 12.8. The summed E-state index contributed by atoms with van der Waals surface area (Å²) in [6.07, 6.45) is 2.49. The Hall–Kier alpha value is -1.85. The molecular formula is C13H11ClN4O. The van der Waals surface area contributed by atoms with E-state index in [-0.39, 0.29) is 6.04 Å². The largest absolute Gasteiger partial charge is 0.437 e. The Bertz CT molecular complexity index is 748. The average molecular weight is 275 g/mol. The number of nitrogens with one attached hydrogen (secondary N) is 2. The molecule has 0 saturated heterocycles. The van der Waals surface area contributed by atoms with Crippen LogP contribution < -0.4 is 5.32 Å². The number of H-pyrrole nitrogens is 1. The Labute approximate surface area is 114 Å². The topological polar surface area (TPSA) is 66.7 Å². The van der Waals surface area contributed by atoms with Crippen molar-refractivity contribution in [2.45, 2.75) is 19.0 Å². The van der Waals surface area contributed by atoms with E-state index in [4.69, 9.17) is 16.0 Å². The van der Waals surface area contributed by atoms with Crippen LogP contribution in [-0.4, -0.2) is 15.0 Å². The second kappa shape index (κ2) is 4.08. The SMILES string of the molecule is Clc1cccc2nc(C3Cc4nc[nH]c4CN3)oc12. The van der Waals surface area contributed by atoms with E-state index >= 15 is 0 Å². The molecular weight excluding hydrogens is 264 g/mol. The minimum absolute atomic E-state index is 0.0410. The van der Waals surface area contributed by atoms with Gasteiger partial charge in [-0.05, 0) is 12.1 Å². The van der Waals surface area contributed by atoms with Gasteiger partial charge >= 0.3 is 0 Å². The number of hydrogen-bond donors (Lipinski definition) is 2. The number of rotatable bonds is 1. The highest BCUT2D eigenvalue weighted by atomic mass is 35.5. The summed E-state index contributed by atoms with van der Waals surface area (Å²) in [5.74, 6) is 0.664. The number of halogens is 1. The van der Waals surface area contributed by atoms with Crippen LogP contribution in [-0.2, 0) is 13.0 Å². The lowest BCUT2D eigenvalue weighted by Crippen LogP contribution is -2.28. The van der Waals surface area contributed by atoms with Gasteiger partial charge in [0.25, 0.3) is 0 Å². The summed E-state index contributed by atoms with van der Waals surface area (Å²) < 4.78 is 5.79. The highest BCUT2D eigenvalue weighted by Crippen LogP contribution is 2.29. The van der Waals surface area contributed by atoms with Crippen molar-refractivity contribution in [3.8, 4) is 0 Å². The summed E-state index contributed by atoms with van der Waals surface area (Å²) in [7, 11) is 0. The van der Waals surface area contributed by atoms with E-state index in [1.807, 2.05) is 12.1 Å². The van der Waals surface area contributed by atoms with E-state index in [0.717, 1.165) is 29.9 Å². The van der Waals surface area contributed by atoms with Gasteiger partial charge < -0.3 is 9.40 Å². The smallest absolute Gasteiger partial charge is 0.213 e. The van der Waals surface area contributed by atoms with Crippen LogP contribution >= 0.6 is 11.6 Å². The fourth-order valence-corrected chi connectivity index (χ4v) is 2.63. The van der Waals surface area contributed by atoms with E-state index in [9.17, 15) is 0 Å². The van der Waals surface area contributed by atoms with Crippen molar-refractivity contribution in [2.24, 2.45) is 0 Å². The first kappa shape index (κ1) is 11.0. The number of para-hydroxylation sites is 1. The highest BCUT2D eigenvalue weighted by Gasteiger charge is 2.25. The minimum atomic E-state index is 0.0410. The fraction of sp³-hybridized carbons (Fsp3) is 0.231. The normalized spacial score (nSPS) is 18.7. The highest BCUT2D eigenvalue weighted by molar-refractivity contribution is 6.34. The van der Waals surface area contributed by atoms with Crippen LogP contribution in [0.4, 0.5) is 0 Å². The zero-order valence-corrected chi connectivity index (χ0v) is 10.7. The first-order chi connectivity index (χ1) is 9.31. The van der Waals surface area contributed by atoms with E-state index < -0.39 is 0 Å². The molecule has 1 aromatic carbocycles. The summed E-state index contributed by atoms with van der Waals surface area (Å²) in [6.45, 7) is 0.743. The van der Waals surface area contributed by atoms with Crippen molar-refractivity contribution in [2.75, 3.05) is 0 Å². The van der Waals surface area contributed by atoms with Crippen LogP contribution in [0.15, 0.2) is 28.9 Å². The molecule has 0 aliphatic carbocycles. The van der Waals surface area contributed by atoms with Crippen molar-refractivity contribution in [3.63, 3.8) is 0 Å². The molecule has 4 rings (SSSR count). The van der Waals surface area contributed by atoms with E-state index in [2.05, 4.69) is 20.3 Å². The predicted octanol–water partition coefficient (Wildman–Crippen LogP) is 2.59. The van der Waals surface area contributed by atoms with Gasteiger partial charge in [0.05, 0.1) is 28.8 Å². The van der Waals surface area contributed by atoms with Gasteiger partial charge in [-0.15, -0.1) is 0 Å². The first-order valence-corrected chi connectivity index (χ1v) is 6.48. The van der Waals surface area contributed by atoms with Gasteiger partial charge in [0, 0.05) is 13.0 Å². The monoisotopic (exact) mass is 274 g/mol. The van der Waals surface area contributed by atoms with Crippen molar-refractivity contribution in [1.82, 2.24) is 20.3 Å². The molecule has 6 heteroatoms. The van der Waals surface area contributed by atoms with Crippen LogP contribution in [0, 0.1) is 0 Å². The number of benzene rings is 1. The Kier molecular flexibility index (Phi) is 2.36. The van der Waals surface area contributed by atoms with Crippen LogP contribution in [0.3, 0.4) is 0 Å². The van der Waals surface area contributed by atoms with Crippen molar-refractivity contribution >= 4 is 22.7 Å². The van der Waals surface area contributed by atoms with Crippen molar-refractivity contribution in [1.29, 1.82) is 0 Å². The summed E-state index contributed by atoms with van der Waals surface area (Å²) in [4.78, 5) is 11.9. The summed E-state index contributed by atoms with van der Waals surface area (Å²) in [6, 6.07) is 5.62. The molecule has 19 heavy (non-hydrogen) atoms. The Morgan fingerprint density at radius 2 is 2.32 bits per heavy atom. The molecule has 3 aromatic rings. The van der Waals surface area contributed by atoms with E-state index in [1.165, 1.54) is 0 Å². The third kappa shape index (κ3) is 1.74. The maximum atomic E-state index is 6.10. The lowest BCUT2D eigenvalue weighted by atomic mass is 10.1. The molecule has 0 amide bonds. The molecule has 5 nitrogen and oxygen atoms in total. The third-order valence-electron chi connectivity index (χ3n) is 3.41. The molecule has 2 N–H and O–H groups in total. The standard InChI is InChI=1S/C13H11ClN4O/c14-7-2-1-3-8-12(7)19-13(18-8)10-4-9-11(5-15-10)17-6-16-9/h1-3,6,10,15H,4-5H2,(H,16,17). The van der Waals surface area contributed by atoms with Crippen LogP contribution in [0.2, 0.25) is 5.02 Å². The van der Waals surface area contributed by atoms with Crippen molar-refractivity contribution in [3.05, 3.63) is 46.8 Å². The zero-order valence-electron chi connectivity index (χ0n) is 9.98. The lowest BCUT2D eigenvalue weighted by Gasteiger charge is -2.19. The number of oxazole rings is 1.